The van der Waals surface area contributed by atoms with Crippen molar-refractivity contribution >= 4 is 29.2 Å². The van der Waals surface area contributed by atoms with Gasteiger partial charge in [-0.2, -0.15) is 0 Å². The molecule has 8 nitrogen and oxygen atoms in total. The van der Waals surface area contributed by atoms with Crippen LogP contribution in [0.4, 0.5) is 11.4 Å². The number of rotatable bonds is 3. The zero-order chi connectivity index (χ0) is 17.9. The fourth-order valence-corrected chi connectivity index (χ4v) is 4.19. The van der Waals surface area contributed by atoms with Crippen LogP contribution in [0.1, 0.15) is 13.3 Å². The lowest BCUT2D eigenvalue weighted by molar-refractivity contribution is -0.385. The van der Waals surface area contributed by atoms with Gasteiger partial charge in [0.15, 0.2) is 0 Å². The van der Waals surface area contributed by atoms with Crippen LogP contribution in [0.25, 0.3) is 0 Å². The third-order valence-corrected chi connectivity index (χ3v) is 5.12. The van der Waals surface area contributed by atoms with Crippen LogP contribution in [0.15, 0.2) is 30.4 Å². The van der Waals surface area contributed by atoms with Gasteiger partial charge in [0, 0.05) is 13.0 Å². The first kappa shape index (κ1) is 15.5. The second kappa shape index (κ2) is 5.23. The highest BCUT2D eigenvalue weighted by molar-refractivity contribution is 6.23. The molecule has 2 fully saturated rings. The first-order valence-electron chi connectivity index (χ1n) is 7.91. The highest BCUT2D eigenvalue weighted by Gasteiger charge is 2.59. The van der Waals surface area contributed by atoms with Gasteiger partial charge in [-0.1, -0.05) is 12.2 Å². The third kappa shape index (κ3) is 2.17. The number of nitro benzene ring substituents is 1. The Morgan fingerprint density at radius 3 is 2.32 bits per heavy atom. The van der Waals surface area contributed by atoms with Gasteiger partial charge in [-0.25, -0.2) is 4.90 Å². The molecule has 0 spiro atoms. The second-order valence-corrected chi connectivity index (χ2v) is 6.51. The summed E-state index contributed by atoms with van der Waals surface area (Å²) in [6.07, 6.45) is 4.77. The molecule has 1 saturated heterocycles. The summed E-state index contributed by atoms with van der Waals surface area (Å²) in [6, 6.07) is 3.72. The standard InChI is InChI=1S/C17H14N2O6/c1-8(20)25-13-5-4-11(7-12(13)19(23)24)18-16(21)14-9-2-3-10(6-9)15(14)17(18)22/h2-5,7,9-10,14-15H,6H2,1H3/t9-,10-,14+,15+/m0/s1. The summed E-state index contributed by atoms with van der Waals surface area (Å²) in [6.45, 7) is 1.13. The lowest BCUT2D eigenvalue weighted by Crippen LogP contribution is -2.32. The van der Waals surface area contributed by atoms with E-state index in [0.29, 0.717) is 0 Å². The van der Waals surface area contributed by atoms with Crippen LogP contribution in [0.2, 0.25) is 0 Å². The quantitative estimate of drug-likeness (QED) is 0.207. The van der Waals surface area contributed by atoms with Crippen LogP contribution in [0.5, 0.6) is 5.75 Å². The number of nitro groups is 1. The minimum absolute atomic E-state index is 0.0618. The number of hydrogen-bond donors (Lipinski definition) is 0. The normalized spacial score (nSPS) is 29.2. The molecule has 8 heteroatoms. The minimum Gasteiger partial charge on any atom is -0.419 e. The van der Waals surface area contributed by atoms with Gasteiger partial charge < -0.3 is 4.74 Å². The van der Waals surface area contributed by atoms with E-state index in [4.69, 9.17) is 4.74 Å². The Kier molecular flexibility index (Phi) is 3.24. The summed E-state index contributed by atoms with van der Waals surface area (Å²) in [5, 5.41) is 11.3. The van der Waals surface area contributed by atoms with Gasteiger partial charge in [0.25, 0.3) is 0 Å². The zero-order valence-electron chi connectivity index (χ0n) is 13.2. The Labute approximate surface area is 142 Å². The number of benzene rings is 1. The largest absolute Gasteiger partial charge is 0.419 e. The Hall–Kier alpha value is -3.03. The van der Waals surface area contributed by atoms with Gasteiger partial charge in [0.1, 0.15) is 0 Å². The van der Waals surface area contributed by atoms with Crippen LogP contribution in [0, 0.1) is 33.8 Å². The molecule has 1 heterocycles. The number of carbonyl (C=O) groups is 3. The zero-order valence-corrected chi connectivity index (χ0v) is 13.2. The molecule has 0 radical (unpaired) electrons. The number of imide groups is 1. The van der Waals surface area contributed by atoms with Crippen molar-refractivity contribution in [3.8, 4) is 5.75 Å². The van der Waals surface area contributed by atoms with E-state index in [1.807, 2.05) is 12.2 Å². The van der Waals surface area contributed by atoms with E-state index in [-0.39, 0.29) is 46.9 Å². The van der Waals surface area contributed by atoms with Gasteiger partial charge in [0.2, 0.25) is 17.6 Å². The van der Waals surface area contributed by atoms with Crippen molar-refractivity contribution < 1.29 is 24.0 Å². The second-order valence-electron chi connectivity index (χ2n) is 6.51. The van der Waals surface area contributed by atoms with Crippen LogP contribution in [-0.2, 0) is 14.4 Å². The lowest BCUT2D eigenvalue weighted by Gasteiger charge is -2.17. The molecule has 1 saturated carbocycles. The number of allylic oxidation sites excluding steroid dienone is 2. The summed E-state index contributed by atoms with van der Waals surface area (Å²) in [4.78, 5) is 48.2. The van der Waals surface area contributed by atoms with Gasteiger partial charge in [0.05, 0.1) is 22.4 Å². The smallest absolute Gasteiger partial charge is 0.313 e. The molecule has 1 aromatic rings. The topological polar surface area (TPSA) is 107 Å². The van der Waals surface area contributed by atoms with Crippen LogP contribution in [-0.4, -0.2) is 22.7 Å². The molecular weight excluding hydrogens is 328 g/mol. The average Bonchev–Trinajstić information content (AvgIpc) is 3.21. The highest BCUT2D eigenvalue weighted by Crippen LogP contribution is 2.53. The number of amides is 2. The fraction of sp³-hybridized carbons (Fsp3) is 0.353. The van der Waals surface area contributed by atoms with E-state index < -0.39 is 16.6 Å². The third-order valence-electron chi connectivity index (χ3n) is 5.12. The maximum atomic E-state index is 12.7. The first-order valence-corrected chi connectivity index (χ1v) is 7.91. The summed E-state index contributed by atoms with van der Waals surface area (Å²) in [5.74, 6) is -2.19. The summed E-state index contributed by atoms with van der Waals surface area (Å²) in [5.41, 5.74) is -0.335. The van der Waals surface area contributed by atoms with Crippen molar-refractivity contribution in [3.63, 3.8) is 0 Å². The van der Waals surface area contributed by atoms with Crippen molar-refractivity contribution in [1.29, 1.82) is 0 Å². The maximum Gasteiger partial charge on any atom is 0.313 e. The summed E-state index contributed by atoms with van der Waals surface area (Å²) < 4.78 is 4.82. The molecular formula is C17H14N2O6. The molecule has 3 aliphatic rings. The number of carbonyl (C=O) groups excluding carboxylic acids is 3. The van der Waals surface area contributed by atoms with Crippen molar-refractivity contribution in [2.75, 3.05) is 4.90 Å². The average molecular weight is 342 g/mol. The van der Waals surface area contributed by atoms with E-state index in [1.54, 1.807) is 0 Å². The molecule has 2 aliphatic carbocycles. The van der Waals surface area contributed by atoms with Crippen LogP contribution in [0.3, 0.4) is 0 Å². The fourth-order valence-electron chi connectivity index (χ4n) is 4.19. The summed E-state index contributed by atoms with van der Waals surface area (Å²) in [7, 11) is 0. The number of nitrogens with zero attached hydrogens (tertiary/aromatic N) is 2. The first-order chi connectivity index (χ1) is 11.9. The van der Waals surface area contributed by atoms with Crippen molar-refractivity contribution in [2.45, 2.75) is 13.3 Å². The molecule has 1 aromatic carbocycles. The molecule has 1 aliphatic heterocycles. The predicted molar refractivity (Wildman–Crippen MR) is 84.6 cm³/mol. The molecule has 0 aromatic heterocycles. The van der Waals surface area contributed by atoms with Crippen LogP contribution >= 0.6 is 0 Å². The van der Waals surface area contributed by atoms with Crippen molar-refractivity contribution in [2.24, 2.45) is 23.7 Å². The molecule has 2 amide bonds. The molecule has 4 rings (SSSR count). The molecule has 0 unspecified atom stereocenters. The van der Waals surface area contributed by atoms with Gasteiger partial charge in [-0.3, -0.25) is 24.5 Å². The Morgan fingerprint density at radius 1 is 1.20 bits per heavy atom. The maximum absolute atomic E-state index is 12.7. The highest BCUT2D eigenvalue weighted by atomic mass is 16.6. The van der Waals surface area contributed by atoms with Gasteiger partial charge >= 0.3 is 11.7 Å². The monoisotopic (exact) mass is 342 g/mol. The van der Waals surface area contributed by atoms with Gasteiger partial charge in [-0.05, 0) is 30.4 Å². The van der Waals surface area contributed by atoms with Crippen LogP contribution < -0.4 is 9.64 Å². The number of fused-ring (bicyclic) bond motifs is 5. The van der Waals surface area contributed by atoms with E-state index >= 15 is 0 Å². The number of esters is 1. The number of anilines is 1. The molecule has 2 bridgehead atoms. The van der Waals surface area contributed by atoms with Gasteiger partial charge in [-0.15, -0.1) is 0 Å². The minimum atomic E-state index is -0.709. The Bertz CT molecular complexity index is 831. The van der Waals surface area contributed by atoms with E-state index in [9.17, 15) is 24.5 Å². The molecule has 25 heavy (non-hydrogen) atoms. The van der Waals surface area contributed by atoms with E-state index in [0.717, 1.165) is 24.3 Å². The number of hydrogen-bond acceptors (Lipinski definition) is 6. The van der Waals surface area contributed by atoms with E-state index in [1.165, 1.54) is 12.1 Å². The Balaban J connectivity index is 1.72. The predicted octanol–water partition coefficient (Wildman–Crippen LogP) is 1.83. The summed E-state index contributed by atoms with van der Waals surface area (Å²) >= 11 is 0. The van der Waals surface area contributed by atoms with Crippen molar-refractivity contribution in [3.05, 3.63) is 40.5 Å². The number of ether oxygens (including phenoxy) is 1. The lowest BCUT2D eigenvalue weighted by atomic mass is 9.85. The molecule has 128 valence electrons. The van der Waals surface area contributed by atoms with Crippen molar-refractivity contribution in [1.82, 2.24) is 0 Å². The molecule has 4 atom stereocenters. The molecule has 0 N–H and O–H groups in total. The Morgan fingerprint density at radius 2 is 1.80 bits per heavy atom. The van der Waals surface area contributed by atoms with E-state index in [2.05, 4.69) is 0 Å². The SMILES string of the molecule is CC(=O)Oc1ccc(N2C(=O)[C@H]3[C@H](C2=O)[C@H]2C=C[C@H]3C2)cc1[N+](=O)[O-].